The zero-order chi connectivity index (χ0) is 16.4. The van der Waals surface area contributed by atoms with Gasteiger partial charge in [-0.25, -0.2) is 4.98 Å². The Kier molecular flexibility index (Phi) is 4.50. The number of hydrogen-bond acceptors (Lipinski definition) is 4. The Morgan fingerprint density at radius 1 is 1.35 bits per heavy atom. The average Bonchev–Trinajstić information content (AvgIpc) is 2.55. The summed E-state index contributed by atoms with van der Waals surface area (Å²) in [6, 6.07) is 11.6. The fourth-order valence-corrected chi connectivity index (χ4v) is 3.06. The first kappa shape index (κ1) is 15.8. The molecule has 1 aromatic carbocycles. The first-order chi connectivity index (χ1) is 11.0. The number of benzene rings is 1. The van der Waals surface area contributed by atoms with Crippen molar-refractivity contribution < 1.29 is 9.53 Å². The van der Waals surface area contributed by atoms with Crippen LogP contribution in [0.1, 0.15) is 28.9 Å². The molecule has 0 radical (unpaired) electrons. The van der Waals surface area contributed by atoms with E-state index in [-0.39, 0.29) is 12.2 Å². The molecule has 1 saturated heterocycles. The molecule has 0 spiro atoms. The van der Waals surface area contributed by atoms with Crippen LogP contribution in [0.3, 0.4) is 0 Å². The maximum absolute atomic E-state index is 11.2. The van der Waals surface area contributed by atoms with Crippen LogP contribution in [0.2, 0.25) is 5.02 Å². The SMILES string of the molecule is C[C@H]1CN(c2ncc(C(N)=O)cc2Cl)C[C@H](c2ccccc2)O1. The highest BCUT2D eigenvalue weighted by atomic mass is 35.5. The van der Waals surface area contributed by atoms with Gasteiger partial charge < -0.3 is 15.4 Å². The number of primary amides is 1. The standard InChI is InChI=1S/C17H18ClN3O2/c1-11-9-21(10-15(23-11)12-5-3-2-4-6-12)17-14(18)7-13(8-20-17)16(19)22/h2-8,11,15H,9-10H2,1H3,(H2,19,22)/t11-,15+/m0/s1. The lowest BCUT2D eigenvalue weighted by molar-refractivity contribution is -0.0176. The molecule has 1 aliphatic rings. The molecule has 23 heavy (non-hydrogen) atoms. The summed E-state index contributed by atoms with van der Waals surface area (Å²) in [6.07, 6.45) is 1.46. The lowest BCUT2D eigenvalue weighted by atomic mass is 10.1. The lowest BCUT2D eigenvalue weighted by Crippen LogP contribution is -2.43. The monoisotopic (exact) mass is 331 g/mol. The molecule has 2 heterocycles. The van der Waals surface area contributed by atoms with Crippen LogP contribution in [-0.4, -0.2) is 30.1 Å². The maximum Gasteiger partial charge on any atom is 0.250 e. The second-order valence-electron chi connectivity index (χ2n) is 5.64. The van der Waals surface area contributed by atoms with Crippen molar-refractivity contribution in [1.29, 1.82) is 0 Å². The molecule has 5 nitrogen and oxygen atoms in total. The maximum atomic E-state index is 11.2. The van der Waals surface area contributed by atoms with E-state index in [0.29, 0.717) is 29.5 Å². The summed E-state index contributed by atoms with van der Waals surface area (Å²) in [5.41, 5.74) is 6.68. The molecule has 3 rings (SSSR count). The van der Waals surface area contributed by atoms with E-state index in [1.54, 1.807) is 6.07 Å². The highest BCUT2D eigenvalue weighted by molar-refractivity contribution is 6.33. The topological polar surface area (TPSA) is 68.5 Å². The van der Waals surface area contributed by atoms with Gasteiger partial charge in [0.1, 0.15) is 11.9 Å². The van der Waals surface area contributed by atoms with Gasteiger partial charge in [0.05, 0.1) is 16.7 Å². The molecule has 0 aliphatic carbocycles. The molecule has 1 aromatic heterocycles. The molecule has 2 aromatic rings. The summed E-state index contributed by atoms with van der Waals surface area (Å²) in [5, 5.41) is 0.419. The number of carbonyl (C=O) groups is 1. The molecule has 1 amide bonds. The predicted molar refractivity (Wildman–Crippen MR) is 89.7 cm³/mol. The summed E-state index contributed by atoms with van der Waals surface area (Å²) in [5.74, 6) is 0.108. The number of amides is 1. The number of carbonyl (C=O) groups excluding carboxylic acids is 1. The minimum Gasteiger partial charge on any atom is -0.367 e. The quantitative estimate of drug-likeness (QED) is 0.939. The van der Waals surface area contributed by atoms with E-state index in [1.807, 2.05) is 37.3 Å². The van der Waals surface area contributed by atoms with Gasteiger partial charge in [0, 0.05) is 19.3 Å². The summed E-state index contributed by atoms with van der Waals surface area (Å²) in [6.45, 7) is 3.36. The summed E-state index contributed by atoms with van der Waals surface area (Å²) >= 11 is 6.30. The van der Waals surface area contributed by atoms with Gasteiger partial charge in [0.15, 0.2) is 0 Å². The zero-order valence-corrected chi connectivity index (χ0v) is 13.5. The van der Waals surface area contributed by atoms with E-state index in [0.717, 1.165) is 5.56 Å². The molecule has 120 valence electrons. The van der Waals surface area contributed by atoms with E-state index >= 15 is 0 Å². The number of hydrogen-bond donors (Lipinski definition) is 1. The van der Waals surface area contributed by atoms with Crippen LogP contribution >= 0.6 is 11.6 Å². The highest BCUT2D eigenvalue weighted by Crippen LogP contribution is 2.31. The van der Waals surface area contributed by atoms with E-state index in [9.17, 15) is 4.79 Å². The number of pyridine rings is 1. The van der Waals surface area contributed by atoms with Crippen LogP contribution in [-0.2, 0) is 4.74 Å². The summed E-state index contributed by atoms with van der Waals surface area (Å²) < 4.78 is 6.04. The number of morpholine rings is 1. The Morgan fingerprint density at radius 2 is 2.09 bits per heavy atom. The van der Waals surface area contributed by atoms with Gasteiger partial charge in [-0.15, -0.1) is 0 Å². The second-order valence-corrected chi connectivity index (χ2v) is 6.05. The normalized spacial score (nSPS) is 21.2. The van der Waals surface area contributed by atoms with Gasteiger partial charge in [-0.3, -0.25) is 4.79 Å². The van der Waals surface area contributed by atoms with Gasteiger partial charge in [0.25, 0.3) is 0 Å². The molecular weight excluding hydrogens is 314 g/mol. The van der Waals surface area contributed by atoms with Crippen LogP contribution in [0, 0.1) is 0 Å². The molecular formula is C17H18ClN3O2. The molecule has 2 atom stereocenters. The molecule has 0 saturated carbocycles. The Balaban J connectivity index is 1.86. The number of halogens is 1. The largest absolute Gasteiger partial charge is 0.367 e. The lowest BCUT2D eigenvalue weighted by Gasteiger charge is -2.38. The number of nitrogens with two attached hydrogens (primary N) is 1. The Labute approximate surface area is 140 Å². The molecule has 0 unspecified atom stereocenters. The summed E-state index contributed by atoms with van der Waals surface area (Å²) in [4.78, 5) is 17.6. The molecule has 2 N–H and O–H groups in total. The third kappa shape index (κ3) is 3.46. The first-order valence-electron chi connectivity index (χ1n) is 7.45. The molecule has 1 fully saturated rings. The third-order valence-corrected chi connectivity index (χ3v) is 4.12. The van der Waals surface area contributed by atoms with Gasteiger partial charge in [-0.1, -0.05) is 41.9 Å². The van der Waals surface area contributed by atoms with Crippen LogP contribution in [0.5, 0.6) is 0 Å². The molecule has 1 aliphatic heterocycles. The van der Waals surface area contributed by atoms with Gasteiger partial charge in [-0.2, -0.15) is 0 Å². The van der Waals surface area contributed by atoms with Crippen molar-refractivity contribution >= 4 is 23.3 Å². The van der Waals surface area contributed by atoms with Crippen LogP contribution in [0.4, 0.5) is 5.82 Å². The number of nitrogens with zero attached hydrogens (tertiary/aromatic N) is 2. The van der Waals surface area contributed by atoms with Crippen LogP contribution in [0.15, 0.2) is 42.6 Å². The van der Waals surface area contributed by atoms with Crippen LogP contribution in [0.25, 0.3) is 0 Å². The summed E-state index contributed by atoms with van der Waals surface area (Å²) in [7, 11) is 0. The number of aromatic nitrogens is 1. The number of ether oxygens (including phenoxy) is 1. The van der Waals surface area contributed by atoms with Gasteiger partial charge in [0.2, 0.25) is 5.91 Å². The van der Waals surface area contributed by atoms with Crippen LogP contribution < -0.4 is 10.6 Å². The number of rotatable bonds is 3. The van der Waals surface area contributed by atoms with E-state index in [1.165, 1.54) is 6.20 Å². The van der Waals surface area contributed by atoms with Crippen molar-refractivity contribution in [3.8, 4) is 0 Å². The van der Waals surface area contributed by atoms with Gasteiger partial charge in [-0.05, 0) is 18.6 Å². The fourth-order valence-electron chi connectivity index (χ4n) is 2.77. The van der Waals surface area contributed by atoms with Crippen molar-refractivity contribution in [2.24, 2.45) is 5.73 Å². The van der Waals surface area contributed by atoms with Crippen molar-refractivity contribution in [3.05, 3.63) is 58.7 Å². The van der Waals surface area contributed by atoms with E-state index < -0.39 is 5.91 Å². The van der Waals surface area contributed by atoms with E-state index in [4.69, 9.17) is 22.1 Å². The van der Waals surface area contributed by atoms with Crippen molar-refractivity contribution in [2.75, 3.05) is 18.0 Å². The Bertz CT molecular complexity index is 708. The smallest absolute Gasteiger partial charge is 0.250 e. The highest BCUT2D eigenvalue weighted by Gasteiger charge is 2.28. The van der Waals surface area contributed by atoms with Gasteiger partial charge >= 0.3 is 0 Å². The Hall–Kier alpha value is -2.11. The average molecular weight is 332 g/mol. The minimum atomic E-state index is -0.538. The molecule has 6 heteroatoms. The first-order valence-corrected chi connectivity index (χ1v) is 7.83. The fraction of sp³-hybridized carbons (Fsp3) is 0.294. The van der Waals surface area contributed by atoms with Crippen molar-refractivity contribution in [2.45, 2.75) is 19.1 Å². The second kappa shape index (κ2) is 6.56. The molecule has 0 bridgehead atoms. The number of anilines is 1. The third-order valence-electron chi connectivity index (χ3n) is 3.84. The van der Waals surface area contributed by atoms with E-state index in [2.05, 4.69) is 9.88 Å². The zero-order valence-electron chi connectivity index (χ0n) is 12.8. The van der Waals surface area contributed by atoms with Crippen molar-refractivity contribution in [1.82, 2.24) is 4.98 Å². The minimum absolute atomic E-state index is 0.0441. The predicted octanol–water partition coefficient (Wildman–Crippen LogP) is 2.80. The Morgan fingerprint density at radius 3 is 2.74 bits per heavy atom. The van der Waals surface area contributed by atoms with Crippen molar-refractivity contribution in [3.63, 3.8) is 0 Å².